The highest BCUT2D eigenvalue weighted by Gasteiger charge is 2.35. The van der Waals surface area contributed by atoms with Crippen LogP contribution in [-0.2, 0) is 0 Å². The summed E-state index contributed by atoms with van der Waals surface area (Å²) in [4.78, 5) is 0. The van der Waals surface area contributed by atoms with Gasteiger partial charge in [0.05, 0.1) is 6.10 Å². The van der Waals surface area contributed by atoms with Crippen LogP contribution in [0.4, 0.5) is 0 Å². The lowest BCUT2D eigenvalue weighted by atomic mass is 9.71. The van der Waals surface area contributed by atoms with Gasteiger partial charge in [0.2, 0.25) is 0 Å². The van der Waals surface area contributed by atoms with Gasteiger partial charge in [-0.3, -0.25) is 0 Å². The van der Waals surface area contributed by atoms with Gasteiger partial charge in [-0.25, -0.2) is 0 Å². The van der Waals surface area contributed by atoms with Gasteiger partial charge in [-0.15, -0.1) is 11.6 Å². The number of alkyl halides is 1. The number of hydrogen-bond donors (Lipinski definition) is 1. The molecule has 3 atom stereocenters. The summed E-state index contributed by atoms with van der Waals surface area (Å²) < 4.78 is 0. The van der Waals surface area contributed by atoms with E-state index in [1.54, 1.807) is 0 Å². The van der Waals surface area contributed by atoms with Crippen molar-refractivity contribution in [2.75, 3.05) is 0 Å². The molecule has 1 saturated carbocycles. The number of aliphatic hydroxyl groups is 1. The first-order valence-electron chi connectivity index (χ1n) is 4.73. The zero-order valence-electron chi connectivity index (χ0n) is 8.18. The highest BCUT2D eigenvalue weighted by atomic mass is 35.5. The van der Waals surface area contributed by atoms with Gasteiger partial charge in [-0.1, -0.05) is 20.8 Å². The van der Waals surface area contributed by atoms with Crippen molar-refractivity contribution in [3.05, 3.63) is 0 Å². The minimum Gasteiger partial charge on any atom is -0.393 e. The second-order valence-corrected chi connectivity index (χ2v) is 5.52. The van der Waals surface area contributed by atoms with Crippen molar-refractivity contribution in [1.29, 1.82) is 0 Å². The van der Waals surface area contributed by atoms with Crippen molar-refractivity contribution >= 4 is 11.6 Å². The molecule has 0 bridgehead atoms. The highest BCUT2D eigenvalue weighted by molar-refractivity contribution is 6.20. The molecular weight excluding hydrogens is 172 g/mol. The number of hydrogen-bond acceptors (Lipinski definition) is 1. The summed E-state index contributed by atoms with van der Waals surface area (Å²) in [6, 6.07) is 0. The Bertz CT molecular complexity index is 150. The van der Waals surface area contributed by atoms with Crippen LogP contribution >= 0.6 is 11.6 Å². The Morgan fingerprint density at radius 2 is 1.83 bits per heavy atom. The van der Waals surface area contributed by atoms with Crippen molar-refractivity contribution in [2.45, 2.75) is 51.5 Å². The maximum atomic E-state index is 9.50. The van der Waals surface area contributed by atoms with E-state index >= 15 is 0 Å². The molecule has 1 aliphatic carbocycles. The van der Waals surface area contributed by atoms with Crippen molar-refractivity contribution in [3.8, 4) is 0 Å². The SMILES string of the molecule is CC(C)(C)C1CC(O)CCC1Cl. The highest BCUT2D eigenvalue weighted by Crippen LogP contribution is 2.40. The molecular formula is C10H19ClO. The van der Waals surface area contributed by atoms with E-state index < -0.39 is 0 Å². The Morgan fingerprint density at radius 1 is 1.25 bits per heavy atom. The molecule has 1 fully saturated rings. The summed E-state index contributed by atoms with van der Waals surface area (Å²) in [6.45, 7) is 6.60. The van der Waals surface area contributed by atoms with Gasteiger partial charge in [-0.05, 0) is 30.6 Å². The predicted molar refractivity (Wildman–Crippen MR) is 52.4 cm³/mol. The van der Waals surface area contributed by atoms with E-state index in [0.717, 1.165) is 19.3 Å². The molecule has 72 valence electrons. The van der Waals surface area contributed by atoms with E-state index in [0.29, 0.717) is 5.92 Å². The molecule has 0 amide bonds. The quantitative estimate of drug-likeness (QED) is 0.583. The first-order chi connectivity index (χ1) is 5.41. The summed E-state index contributed by atoms with van der Waals surface area (Å²) in [6.07, 6.45) is 2.59. The number of halogens is 1. The number of aliphatic hydroxyl groups excluding tert-OH is 1. The minimum absolute atomic E-state index is 0.121. The molecule has 0 heterocycles. The average Bonchev–Trinajstić information content (AvgIpc) is 1.92. The van der Waals surface area contributed by atoms with Gasteiger partial charge in [0.15, 0.2) is 0 Å². The van der Waals surface area contributed by atoms with Crippen LogP contribution in [0.2, 0.25) is 0 Å². The van der Waals surface area contributed by atoms with Crippen LogP contribution in [0.1, 0.15) is 40.0 Å². The van der Waals surface area contributed by atoms with Gasteiger partial charge < -0.3 is 5.11 Å². The Balaban J connectivity index is 2.61. The van der Waals surface area contributed by atoms with Crippen LogP contribution in [-0.4, -0.2) is 16.6 Å². The fraction of sp³-hybridized carbons (Fsp3) is 1.00. The molecule has 0 saturated heterocycles. The van der Waals surface area contributed by atoms with Crippen LogP contribution in [0.5, 0.6) is 0 Å². The van der Waals surface area contributed by atoms with E-state index in [2.05, 4.69) is 20.8 Å². The molecule has 1 nitrogen and oxygen atoms in total. The van der Waals surface area contributed by atoms with Gasteiger partial charge in [-0.2, -0.15) is 0 Å². The zero-order valence-corrected chi connectivity index (χ0v) is 8.93. The third-order valence-corrected chi connectivity index (χ3v) is 3.37. The largest absolute Gasteiger partial charge is 0.393 e. The number of rotatable bonds is 0. The Kier molecular flexibility index (Phi) is 3.06. The van der Waals surface area contributed by atoms with Crippen molar-refractivity contribution in [1.82, 2.24) is 0 Å². The van der Waals surface area contributed by atoms with E-state index in [-0.39, 0.29) is 16.9 Å². The monoisotopic (exact) mass is 190 g/mol. The van der Waals surface area contributed by atoms with Crippen LogP contribution in [0.15, 0.2) is 0 Å². The first kappa shape index (κ1) is 10.3. The maximum Gasteiger partial charge on any atom is 0.0544 e. The molecule has 1 rings (SSSR count). The van der Waals surface area contributed by atoms with Crippen LogP contribution < -0.4 is 0 Å². The molecule has 1 N–H and O–H groups in total. The Hall–Kier alpha value is 0.250. The Morgan fingerprint density at radius 3 is 2.25 bits per heavy atom. The molecule has 0 aromatic rings. The normalized spacial score (nSPS) is 38.2. The fourth-order valence-corrected chi connectivity index (χ4v) is 2.61. The lowest BCUT2D eigenvalue weighted by molar-refractivity contribution is 0.0614. The molecule has 1 aliphatic rings. The topological polar surface area (TPSA) is 20.2 Å². The molecule has 0 spiro atoms. The van der Waals surface area contributed by atoms with Gasteiger partial charge in [0.1, 0.15) is 0 Å². The third kappa shape index (κ3) is 2.37. The van der Waals surface area contributed by atoms with Crippen molar-refractivity contribution < 1.29 is 5.11 Å². The summed E-state index contributed by atoms with van der Waals surface area (Å²) in [7, 11) is 0. The summed E-state index contributed by atoms with van der Waals surface area (Å²) in [5.41, 5.74) is 0.230. The van der Waals surface area contributed by atoms with E-state index in [1.165, 1.54) is 0 Å². The maximum absolute atomic E-state index is 9.50. The van der Waals surface area contributed by atoms with E-state index in [9.17, 15) is 5.11 Å². The molecule has 0 aliphatic heterocycles. The van der Waals surface area contributed by atoms with Gasteiger partial charge in [0.25, 0.3) is 0 Å². The average molecular weight is 191 g/mol. The molecule has 3 unspecified atom stereocenters. The van der Waals surface area contributed by atoms with Gasteiger partial charge >= 0.3 is 0 Å². The van der Waals surface area contributed by atoms with Crippen LogP contribution in [0.25, 0.3) is 0 Å². The second kappa shape index (κ2) is 3.55. The predicted octanol–water partition coefficient (Wildman–Crippen LogP) is 2.80. The van der Waals surface area contributed by atoms with Crippen molar-refractivity contribution in [3.63, 3.8) is 0 Å². The molecule has 0 radical (unpaired) electrons. The lowest BCUT2D eigenvalue weighted by Crippen LogP contribution is -2.36. The van der Waals surface area contributed by atoms with E-state index in [4.69, 9.17) is 11.6 Å². The first-order valence-corrected chi connectivity index (χ1v) is 5.17. The molecule has 0 aromatic heterocycles. The molecule has 0 aromatic carbocycles. The smallest absolute Gasteiger partial charge is 0.0544 e. The second-order valence-electron chi connectivity index (χ2n) is 4.96. The minimum atomic E-state index is -0.121. The summed E-state index contributed by atoms with van der Waals surface area (Å²) in [5.74, 6) is 0.461. The molecule has 12 heavy (non-hydrogen) atoms. The van der Waals surface area contributed by atoms with Gasteiger partial charge in [0, 0.05) is 5.38 Å². The summed E-state index contributed by atoms with van der Waals surface area (Å²) >= 11 is 6.22. The van der Waals surface area contributed by atoms with Crippen molar-refractivity contribution in [2.24, 2.45) is 11.3 Å². The summed E-state index contributed by atoms with van der Waals surface area (Å²) in [5, 5.41) is 9.76. The van der Waals surface area contributed by atoms with E-state index in [1.807, 2.05) is 0 Å². The van der Waals surface area contributed by atoms with Crippen LogP contribution in [0, 0.1) is 11.3 Å². The molecule has 2 heteroatoms. The Labute approximate surface area is 80.1 Å². The zero-order chi connectivity index (χ0) is 9.35. The standard InChI is InChI=1S/C10H19ClO/c1-10(2,3)8-6-7(12)4-5-9(8)11/h7-9,12H,4-6H2,1-3H3. The van der Waals surface area contributed by atoms with Crippen LogP contribution in [0.3, 0.4) is 0 Å². The third-order valence-electron chi connectivity index (χ3n) is 2.85. The lowest BCUT2D eigenvalue weighted by Gasteiger charge is -2.39. The fourth-order valence-electron chi connectivity index (χ4n) is 2.01.